The number of rotatable bonds is 3. The summed E-state index contributed by atoms with van der Waals surface area (Å²) >= 11 is 9.35. The second-order valence-electron chi connectivity index (χ2n) is 4.26. The first-order valence-corrected chi connectivity index (χ1v) is 7.09. The van der Waals surface area contributed by atoms with Crippen LogP contribution >= 0.6 is 27.5 Å². The molecule has 0 radical (unpaired) electrons. The van der Waals surface area contributed by atoms with E-state index in [2.05, 4.69) is 21.2 Å². The Morgan fingerprint density at radius 3 is 2.65 bits per heavy atom. The molecule has 0 bridgehead atoms. The number of amides is 1. The zero-order valence-corrected chi connectivity index (χ0v) is 13.4. The minimum absolute atomic E-state index is 0.196. The highest BCUT2D eigenvalue weighted by atomic mass is 79.9. The number of hydrogen-bond donors (Lipinski definition) is 1. The summed E-state index contributed by atoms with van der Waals surface area (Å²) < 4.78 is 5.93. The van der Waals surface area contributed by atoms with E-state index in [1.54, 1.807) is 31.4 Å². The quantitative estimate of drug-likeness (QED) is 0.869. The number of carbonyl (C=O) groups excluding carboxylic acids is 1. The Hall–Kier alpha value is -1.52. The van der Waals surface area contributed by atoms with Crippen molar-refractivity contribution < 1.29 is 9.53 Å². The van der Waals surface area contributed by atoms with Crippen LogP contribution < -0.4 is 10.1 Å². The van der Waals surface area contributed by atoms with Crippen LogP contribution in [0.25, 0.3) is 0 Å². The van der Waals surface area contributed by atoms with Gasteiger partial charge in [0, 0.05) is 21.1 Å². The SMILES string of the molecule is COc1ccc(Br)c(NC(=O)c2ccc(Cl)c(C)c2)c1. The van der Waals surface area contributed by atoms with Crippen molar-refractivity contribution in [3.05, 3.63) is 57.0 Å². The lowest BCUT2D eigenvalue weighted by molar-refractivity contribution is 0.102. The number of anilines is 1. The van der Waals surface area contributed by atoms with E-state index in [4.69, 9.17) is 16.3 Å². The van der Waals surface area contributed by atoms with E-state index >= 15 is 0 Å². The second kappa shape index (κ2) is 6.29. The van der Waals surface area contributed by atoms with Gasteiger partial charge in [0.2, 0.25) is 0 Å². The van der Waals surface area contributed by atoms with E-state index in [1.165, 1.54) is 0 Å². The molecule has 0 fully saturated rings. The summed E-state index contributed by atoms with van der Waals surface area (Å²) in [6, 6.07) is 10.6. The maximum Gasteiger partial charge on any atom is 0.255 e. The van der Waals surface area contributed by atoms with Gasteiger partial charge in [-0.15, -0.1) is 0 Å². The smallest absolute Gasteiger partial charge is 0.255 e. The molecule has 0 aliphatic heterocycles. The van der Waals surface area contributed by atoms with Gasteiger partial charge in [0.25, 0.3) is 5.91 Å². The fourth-order valence-electron chi connectivity index (χ4n) is 1.71. The predicted molar refractivity (Wildman–Crippen MR) is 84.8 cm³/mol. The Morgan fingerprint density at radius 2 is 2.00 bits per heavy atom. The summed E-state index contributed by atoms with van der Waals surface area (Å²) in [4.78, 5) is 12.2. The molecule has 0 saturated heterocycles. The summed E-state index contributed by atoms with van der Waals surface area (Å²) in [6.07, 6.45) is 0. The van der Waals surface area contributed by atoms with Crippen LogP contribution in [0.4, 0.5) is 5.69 Å². The first-order chi connectivity index (χ1) is 9.51. The van der Waals surface area contributed by atoms with Crippen LogP contribution in [0.3, 0.4) is 0 Å². The van der Waals surface area contributed by atoms with Crippen molar-refractivity contribution in [2.45, 2.75) is 6.92 Å². The van der Waals surface area contributed by atoms with Crippen LogP contribution in [-0.4, -0.2) is 13.0 Å². The van der Waals surface area contributed by atoms with Crippen molar-refractivity contribution in [2.24, 2.45) is 0 Å². The summed E-state index contributed by atoms with van der Waals surface area (Å²) in [5, 5.41) is 3.48. The fraction of sp³-hybridized carbons (Fsp3) is 0.133. The van der Waals surface area contributed by atoms with Crippen molar-refractivity contribution in [2.75, 3.05) is 12.4 Å². The van der Waals surface area contributed by atoms with Crippen molar-refractivity contribution >= 4 is 39.1 Å². The van der Waals surface area contributed by atoms with Gasteiger partial charge < -0.3 is 10.1 Å². The molecule has 0 aliphatic rings. The molecule has 20 heavy (non-hydrogen) atoms. The Labute approximate surface area is 131 Å². The molecule has 3 nitrogen and oxygen atoms in total. The first kappa shape index (κ1) is 14.9. The van der Waals surface area contributed by atoms with Crippen LogP contribution in [0.15, 0.2) is 40.9 Å². The van der Waals surface area contributed by atoms with Crippen molar-refractivity contribution in [1.82, 2.24) is 0 Å². The number of nitrogens with one attached hydrogen (secondary N) is 1. The lowest BCUT2D eigenvalue weighted by atomic mass is 10.1. The van der Waals surface area contributed by atoms with Gasteiger partial charge in [-0.25, -0.2) is 0 Å². The third-order valence-corrected chi connectivity index (χ3v) is 3.96. The molecule has 0 atom stereocenters. The fourth-order valence-corrected chi connectivity index (χ4v) is 2.17. The molecule has 0 spiro atoms. The Balaban J connectivity index is 2.25. The lowest BCUT2D eigenvalue weighted by Crippen LogP contribution is -2.12. The van der Waals surface area contributed by atoms with E-state index in [-0.39, 0.29) is 5.91 Å². The minimum atomic E-state index is -0.196. The molecule has 2 rings (SSSR count). The van der Waals surface area contributed by atoms with Gasteiger partial charge in [0.05, 0.1) is 12.8 Å². The highest BCUT2D eigenvalue weighted by Crippen LogP contribution is 2.27. The third-order valence-electron chi connectivity index (χ3n) is 2.84. The van der Waals surface area contributed by atoms with Crippen molar-refractivity contribution in [1.29, 1.82) is 0 Å². The molecule has 1 N–H and O–H groups in total. The summed E-state index contributed by atoms with van der Waals surface area (Å²) in [5.41, 5.74) is 2.08. The molecule has 104 valence electrons. The molecule has 0 saturated carbocycles. The lowest BCUT2D eigenvalue weighted by Gasteiger charge is -2.10. The number of carbonyl (C=O) groups is 1. The molecule has 0 heterocycles. The topological polar surface area (TPSA) is 38.3 Å². The average molecular weight is 355 g/mol. The highest BCUT2D eigenvalue weighted by Gasteiger charge is 2.10. The number of methoxy groups -OCH3 is 1. The molecule has 2 aromatic carbocycles. The standard InChI is InChI=1S/C15H13BrClNO2/c1-9-7-10(3-6-13(9)17)15(19)18-14-8-11(20-2)4-5-12(14)16/h3-8H,1-2H3,(H,18,19). The Morgan fingerprint density at radius 1 is 1.25 bits per heavy atom. The molecular weight excluding hydrogens is 342 g/mol. The van der Waals surface area contributed by atoms with E-state index in [0.717, 1.165) is 10.0 Å². The van der Waals surface area contributed by atoms with E-state index in [9.17, 15) is 4.79 Å². The number of hydrogen-bond acceptors (Lipinski definition) is 2. The van der Waals surface area contributed by atoms with E-state index in [1.807, 2.05) is 19.1 Å². The van der Waals surface area contributed by atoms with Gasteiger partial charge in [-0.2, -0.15) is 0 Å². The number of benzene rings is 2. The van der Waals surface area contributed by atoms with Gasteiger partial charge in [-0.05, 0) is 58.7 Å². The van der Waals surface area contributed by atoms with Crippen LogP contribution in [0.2, 0.25) is 5.02 Å². The van der Waals surface area contributed by atoms with Gasteiger partial charge in [0.1, 0.15) is 5.75 Å². The average Bonchev–Trinajstić information content (AvgIpc) is 2.44. The van der Waals surface area contributed by atoms with Crippen LogP contribution in [0.5, 0.6) is 5.75 Å². The van der Waals surface area contributed by atoms with Crippen molar-refractivity contribution in [3.8, 4) is 5.75 Å². The minimum Gasteiger partial charge on any atom is -0.497 e. The highest BCUT2D eigenvalue weighted by molar-refractivity contribution is 9.10. The molecule has 0 unspecified atom stereocenters. The van der Waals surface area contributed by atoms with Crippen molar-refractivity contribution in [3.63, 3.8) is 0 Å². The predicted octanol–water partition coefficient (Wildman–Crippen LogP) is 4.67. The maximum absolute atomic E-state index is 12.2. The summed E-state index contributed by atoms with van der Waals surface area (Å²) in [7, 11) is 1.58. The van der Waals surface area contributed by atoms with Gasteiger partial charge in [-0.1, -0.05) is 11.6 Å². The summed E-state index contributed by atoms with van der Waals surface area (Å²) in [6.45, 7) is 1.86. The second-order valence-corrected chi connectivity index (χ2v) is 5.53. The van der Waals surface area contributed by atoms with E-state index in [0.29, 0.717) is 22.0 Å². The largest absolute Gasteiger partial charge is 0.497 e. The number of ether oxygens (including phenoxy) is 1. The third kappa shape index (κ3) is 3.32. The normalized spacial score (nSPS) is 10.2. The number of aryl methyl sites for hydroxylation is 1. The molecule has 0 aliphatic carbocycles. The zero-order chi connectivity index (χ0) is 14.7. The molecular formula is C15H13BrClNO2. The van der Waals surface area contributed by atoms with Crippen LogP contribution in [-0.2, 0) is 0 Å². The monoisotopic (exact) mass is 353 g/mol. The molecule has 5 heteroatoms. The summed E-state index contributed by atoms with van der Waals surface area (Å²) in [5.74, 6) is 0.481. The maximum atomic E-state index is 12.2. The Kier molecular flexibility index (Phi) is 4.68. The zero-order valence-electron chi connectivity index (χ0n) is 11.0. The molecule has 2 aromatic rings. The number of halogens is 2. The van der Waals surface area contributed by atoms with Gasteiger partial charge in [0.15, 0.2) is 0 Å². The van der Waals surface area contributed by atoms with E-state index < -0.39 is 0 Å². The van der Waals surface area contributed by atoms with Gasteiger partial charge >= 0.3 is 0 Å². The van der Waals surface area contributed by atoms with Crippen LogP contribution in [0.1, 0.15) is 15.9 Å². The Bertz CT molecular complexity index is 658. The van der Waals surface area contributed by atoms with Gasteiger partial charge in [-0.3, -0.25) is 4.79 Å². The molecule has 0 aromatic heterocycles. The van der Waals surface area contributed by atoms with Crippen LogP contribution in [0, 0.1) is 6.92 Å². The molecule has 1 amide bonds. The first-order valence-electron chi connectivity index (χ1n) is 5.92.